The zero-order chi connectivity index (χ0) is 84.9. The van der Waals surface area contributed by atoms with Gasteiger partial charge in [-0.25, -0.2) is 24.7 Å². The normalized spacial score (nSPS) is 27.2. The molecule has 640 valence electrons. The summed E-state index contributed by atoms with van der Waals surface area (Å²) in [5, 5.41) is 47.9. The van der Waals surface area contributed by atoms with Crippen LogP contribution in [0.3, 0.4) is 0 Å². The number of oxime groups is 2. The van der Waals surface area contributed by atoms with Gasteiger partial charge >= 0.3 is 5.97 Å². The summed E-state index contributed by atoms with van der Waals surface area (Å²) < 4.78 is 15.3. The van der Waals surface area contributed by atoms with Crippen molar-refractivity contribution in [2.45, 2.75) is 24.3 Å². The molecular formula is C84H86Cl8N24O7. The number of amidine groups is 2. The SMILES string of the molecule is Cl.ClCc1nc(C2C3CN(c4cccc(Cl)c4)CC32)no1.Cn1cnc2nc[nH]c(=O)c21.Cn1cnc2ncn(Cc3nc(C4[C@H]5CN(c6cccc(Cl)c6)C[C@@H]45)no3)c(=O)c21.N#CC1C2CN(c3cccc(Cl)c3)CC12.N#CC1C2CNCC12.N/C(=N\O)C1C2CN(c3cccc(Cl)c3)CC21.N/C(=N\OC(=O)CCl)C1C2CN(c3cccc(Cl)c3)CC21. The van der Waals surface area contributed by atoms with E-state index in [1.165, 1.54) is 28.6 Å². The van der Waals surface area contributed by atoms with Crippen molar-refractivity contribution >= 4 is 162 Å². The van der Waals surface area contributed by atoms with Crippen LogP contribution >= 0.6 is 93.6 Å². The molecule has 6 saturated carbocycles. The van der Waals surface area contributed by atoms with Gasteiger partial charge in [-0.1, -0.05) is 109 Å². The van der Waals surface area contributed by atoms with Crippen molar-refractivity contribution in [2.75, 3.05) is 109 Å². The van der Waals surface area contributed by atoms with E-state index in [1.807, 2.05) is 97.1 Å². The number of nitrogens with zero attached hydrogens (tertiary/aromatic N) is 20. The molecule has 12 heterocycles. The highest BCUT2D eigenvalue weighted by Crippen LogP contribution is 2.60. The minimum absolute atomic E-state index is 0. The highest BCUT2D eigenvalue weighted by molar-refractivity contribution is 6.32. The average molecular weight is 1830 g/mol. The number of aromatic amines is 1. The van der Waals surface area contributed by atoms with Crippen LogP contribution in [0.25, 0.3) is 22.3 Å². The minimum Gasteiger partial charge on any atom is -0.409 e. The van der Waals surface area contributed by atoms with E-state index in [0.717, 1.165) is 144 Å². The van der Waals surface area contributed by atoms with Crippen molar-refractivity contribution in [1.82, 2.24) is 64.2 Å². The number of rotatable bonds is 14. The fraction of sp³-hybridized carbons (Fsp3) is 0.417. The minimum atomic E-state index is -0.592. The lowest BCUT2D eigenvalue weighted by molar-refractivity contribution is -0.140. The molecule has 23 rings (SSSR count). The average Bonchev–Trinajstić information content (AvgIpc) is 1.58. The number of hydrogen-bond donors (Lipinski definition) is 5. The van der Waals surface area contributed by atoms with E-state index in [4.69, 9.17) is 117 Å². The number of hydrogen-bond acceptors (Lipinski definition) is 25. The summed E-state index contributed by atoms with van der Waals surface area (Å²) in [5.74, 6) is 11.6. The van der Waals surface area contributed by atoms with Crippen LogP contribution in [-0.2, 0) is 36.2 Å². The summed E-state index contributed by atoms with van der Waals surface area (Å²) in [5.41, 5.74) is 18.9. The van der Waals surface area contributed by atoms with Crippen LogP contribution in [0.5, 0.6) is 0 Å². The summed E-state index contributed by atoms with van der Waals surface area (Å²) in [4.78, 5) is 78.5. The van der Waals surface area contributed by atoms with Gasteiger partial charge < -0.3 is 74.5 Å². The van der Waals surface area contributed by atoms with E-state index in [1.54, 1.807) is 35.9 Å². The third-order valence-electron chi connectivity index (χ3n) is 25.6. The Bertz CT molecular complexity index is 5900. The van der Waals surface area contributed by atoms with E-state index < -0.39 is 5.97 Å². The number of H-pyrrole nitrogens is 1. The number of alkyl halides is 2. The first-order valence-corrected chi connectivity index (χ1v) is 43.1. The molecule has 6 aliphatic heterocycles. The lowest BCUT2D eigenvalue weighted by Gasteiger charge is -2.22. The van der Waals surface area contributed by atoms with Gasteiger partial charge in [-0.2, -0.15) is 20.5 Å². The Balaban J connectivity index is 0.000000109. The molecule has 5 aromatic carbocycles. The molecule has 12 fully saturated rings. The van der Waals surface area contributed by atoms with Crippen LogP contribution in [0.4, 0.5) is 28.4 Å². The van der Waals surface area contributed by atoms with Crippen LogP contribution in [0.15, 0.2) is 176 Å². The Morgan fingerprint density at radius 1 is 0.528 bits per heavy atom. The van der Waals surface area contributed by atoms with Crippen molar-refractivity contribution in [3.05, 3.63) is 216 Å². The Hall–Kier alpha value is -10.5. The topological polar surface area (TPSA) is 393 Å². The lowest BCUT2D eigenvalue weighted by atomic mass is 10.2. The maximum atomic E-state index is 12.7. The van der Waals surface area contributed by atoms with Gasteiger partial charge in [0.2, 0.25) is 11.8 Å². The molecule has 39 heteroatoms. The van der Waals surface area contributed by atoms with Gasteiger partial charge in [0, 0.05) is 157 Å². The lowest BCUT2D eigenvalue weighted by Crippen LogP contribution is -2.28. The first-order chi connectivity index (χ1) is 59.1. The maximum Gasteiger partial charge on any atom is 0.349 e. The smallest absolute Gasteiger partial charge is 0.349 e. The zero-order valence-corrected chi connectivity index (χ0v) is 72.5. The Kier molecular flexibility index (Phi) is 25.7. The predicted molar refractivity (Wildman–Crippen MR) is 472 cm³/mol. The fourth-order valence-corrected chi connectivity index (χ4v) is 20.1. The number of halogens is 8. The molecule has 0 radical (unpaired) electrons. The molecule has 31 nitrogen and oxygen atoms in total. The molecule has 11 unspecified atom stereocenters. The van der Waals surface area contributed by atoms with Crippen LogP contribution in [-0.4, -0.2) is 166 Å². The van der Waals surface area contributed by atoms with Crippen LogP contribution in [0.1, 0.15) is 35.3 Å². The highest BCUT2D eigenvalue weighted by atomic mass is 35.5. The van der Waals surface area contributed by atoms with Crippen LogP contribution in [0, 0.1) is 117 Å². The molecule has 6 aliphatic carbocycles. The van der Waals surface area contributed by atoms with E-state index in [9.17, 15) is 14.4 Å². The van der Waals surface area contributed by atoms with E-state index in [-0.39, 0.29) is 53.7 Å². The van der Waals surface area contributed by atoms with Crippen LogP contribution in [0.2, 0.25) is 25.1 Å². The maximum absolute atomic E-state index is 12.7. The van der Waals surface area contributed by atoms with Crippen molar-refractivity contribution in [2.24, 2.45) is 131 Å². The summed E-state index contributed by atoms with van der Waals surface area (Å²) >= 11 is 41.1. The molecule has 6 aromatic heterocycles. The molecule has 13 atom stereocenters. The number of nitrogens with two attached hydrogens (primary N) is 2. The number of anilines is 5. The monoisotopic (exact) mass is 1820 g/mol. The Labute approximate surface area is 747 Å². The number of carbonyl (C=O) groups is 1. The van der Waals surface area contributed by atoms with Crippen LogP contribution < -0.4 is 52.4 Å². The van der Waals surface area contributed by atoms with Gasteiger partial charge in [-0.3, -0.25) is 14.2 Å². The summed E-state index contributed by atoms with van der Waals surface area (Å²) in [6.07, 6.45) is 5.95. The first-order valence-electron chi connectivity index (χ1n) is 40.2. The summed E-state index contributed by atoms with van der Waals surface area (Å²) in [6, 6.07) is 44.3. The molecule has 7 N–H and O–H groups in total. The second-order valence-corrected chi connectivity index (χ2v) is 35.5. The van der Waals surface area contributed by atoms with E-state index in [2.05, 4.69) is 127 Å². The number of aromatic nitrogens is 12. The molecule has 0 amide bonds. The quantitative estimate of drug-likeness (QED) is 0.0169. The Morgan fingerprint density at radius 2 is 0.902 bits per heavy atom. The van der Waals surface area contributed by atoms with Crippen molar-refractivity contribution in [1.29, 1.82) is 10.5 Å². The highest BCUT2D eigenvalue weighted by Gasteiger charge is 2.62. The fourth-order valence-electron chi connectivity index (χ4n) is 19.0. The van der Waals surface area contributed by atoms with Gasteiger partial charge in [0.25, 0.3) is 11.1 Å². The number of carbonyl (C=O) groups excluding carboxylic acids is 1. The van der Waals surface area contributed by atoms with Gasteiger partial charge in [-0.15, -0.1) is 35.6 Å². The molecule has 11 aromatic rings. The predicted octanol–water partition coefficient (Wildman–Crippen LogP) is 11.8. The number of fused-ring (bicyclic) bond motifs is 8. The molecule has 123 heavy (non-hydrogen) atoms. The third-order valence-corrected chi connectivity index (χ3v) is 27.2. The number of imidazole rings is 2. The van der Waals surface area contributed by atoms with Gasteiger partial charge in [0.1, 0.15) is 36.3 Å². The van der Waals surface area contributed by atoms with Crippen molar-refractivity contribution in [3.8, 4) is 12.1 Å². The number of nitrogens with one attached hydrogen (secondary N) is 2. The molecular weight excluding hydrogens is 1740 g/mol. The molecule has 0 bridgehead atoms. The number of piperidine rings is 6. The van der Waals surface area contributed by atoms with Crippen molar-refractivity contribution in [3.63, 3.8) is 0 Å². The van der Waals surface area contributed by atoms with E-state index in [0.29, 0.717) is 129 Å². The van der Waals surface area contributed by atoms with Gasteiger partial charge in [0.05, 0.1) is 43.0 Å². The molecule has 6 saturated heterocycles. The molecule has 12 aliphatic rings. The number of aryl methyl sites for hydroxylation is 2. The number of benzene rings is 5. The first kappa shape index (κ1) is 86.1. The van der Waals surface area contributed by atoms with Gasteiger partial charge in [-0.05, 0) is 175 Å². The Morgan fingerprint density at radius 3 is 1.28 bits per heavy atom. The largest absolute Gasteiger partial charge is 0.409 e. The zero-order valence-electron chi connectivity index (χ0n) is 66.4. The number of nitriles is 2. The standard InChI is InChI=1S/C20H18ClN7O2.C14H15Cl2N3O2.C14H13Cl2N3O.C12H14ClN3O.C12H11ClN2.C6H6N4O.C6H8N2.ClH/c1-26-9-22-19-17(26)20(29)28(10-23-19)8-15-24-18(25-30-15)16-13-6-27(7-14(13)16)12-4-2-3-11(21)5-12;15-5-12(20)21-18-14(17)13-10-6-19(7-11(10)13)9-3-1-2-8(16)4-9;15-5-12-17-14(18-20-12)13-10-6-19(7-11(10)13)9-3-1-2-8(16)4-9;13-7-2-1-3-8(4-7)16-5-9-10(6-16)11(9)12(14)15-17;13-8-2-1-3-9(4-8)15-6-11-10(5-14)12(11)7-15;1-10-3-9-5-4(10)6(11)8-2-7-5;7-1-4-5-2-8-3-6(4)5;/h2-5,9-10,13-14,16H,6-8H2,1H3;1-4,10-11,13H,5-7H2,(H2,17,18);1-4,10-11,13H,5-7H2;1-4,9-11,17H,5-6H2,(H2,14,15);1-4,10-12H,6-7H2;2-3H,1H3,(H,7,8,11);4-6,8H,2-3H2;1H/t13-,14+,16?;;;;;;;. The van der Waals surface area contributed by atoms with E-state index >= 15 is 0 Å². The summed E-state index contributed by atoms with van der Waals surface area (Å²) in [7, 11) is 3.53. The van der Waals surface area contributed by atoms with Crippen molar-refractivity contribution < 1.29 is 23.9 Å². The van der Waals surface area contributed by atoms with Gasteiger partial charge in [0.15, 0.2) is 34.0 Å². The second kappa shape index (κ2) is 36.8. The summed E-state index contributed by atoms with van der Waals surface area (Å²) in [6.45, 7) is 12.1. The molecule has 0 spiro atoms. The second-order valence-electron chi connectivity index (χ2n) is 32.8. The third kappa shape index (κ3) is 18.7.